The summed E-state index contributed by atoms with van der Waals surface area (Å²) in [5.74, 6) is 0.274. The maximum atomic E-state index is 11.9. The van der Waals surface area contributed by atoms with Crippen molar-refractivity contribution in [3.8, 4) is 17.2 Å². The maximum absolute atomic E-state index is 11.9. The van der Waals surface area contributed by atoms with Crippen LogP contribution in [0.15, 0.2) is 47.6 Å². The van der Waals surface area contributed by atoms with Gasteiger partial charge in [-0.3, -0.25) is 9.59 Å². The molecule has 0 heterocycles. The third-order valence-corrected chi connectivity index (χ3v) is 3.39. The van der Waals surface area contributed by atoms with Crippen LogP contribution < -0.4 is 20.2 Å². The molecule has 0 saturated carbocycles. The van der Waals surface area contributed by atoms with Crippen molar-refractivity contribution in [1.82, 2.24) is 10.7 Å². The van der Waals surface area contributed by atoms with Crippen LogP contribution in [0.1, 0.15) is 15.9 Å². The molecule has 2 aromatic rings. The van der Waals surface area contributed by atoms with Gasteiger partial charge in [-0.25, -0.2) is 5.43 Å². The minimum absolute atomic E-state index is 0.00314. The first kappa shape index (κ1) is 18.8. The van der Waals surface area contributed by atoms with Crippen molar-refractivity contribution in [3.05, 3.63) is 53.6 Å². The topological polar surface area (TPSA) is 109 Å². The van der Waals surface area contributed by atoms with Gasteiger partial charge in [-0.1, -0.05) is 0 Å². The van der Waals surface area contributed by atoms with Gasteiger partial charge in [-0.05, 0) is 42.5 Å². The normalized spacial score (nSPS) is 10.4. The highest BCUT2D eigenvalue weighted by atomic mass is 16.5. The summed E-state index contributed by atoms with van der Waals surface area (Å²) in [6.07, 6.45) is 1.28. The zero-order chi connectivity index (χ0) is 18.9. The van der Waals surface area contributed by atoms with Gasteiger partial charge in [0.1, 0.15) is 17.2 Å². The Morgan fingerprint density at radius 2 is 1.73 bits per heavy atom. The smallest absolute Gasteiger partial charge is 0.259 e. The zero-order valence-corrected chi connectivity index (χ0v) is 14.4. The van der Waals surface area contributed by atoms with E-state index in [0.717, 1.165) is 0 Å². The zero-order valence-electron chi connectivity index (χ0n) is 14.4. The van der Waals surface area contributed by atoms with Crippen LogP contribution in [0, 0.1) is 0 Å². The number of carbonyl (C=O) groups excluding carboxylic acids is 2. The van der Waals surface area contributed by atoms with Gasteiger partial charge in [-0.15, -0.1) is 0 Å². The lowest BCUT2D eigenvalue weighted by Crippen LogP contribution is -2.34. The number of amides is 2. The second-order valence-corrected chi connectivity index (χ2v) is 5.13. The largest absolute Gasteiger partial charge is 0.507 e. The van der Waals surface area contributed by atoms with Crippen LogP contribution in [0.4, 0.5) is 0 Å². The van der Waals surface area contributed by atoms with Crippen molar-refractivity contribution in [3.63, 3.8) is 0 Å². The van der Waals surface area contributed by atoms with Crippen molar-refractivity contribution in [2.45, 2.75) is 0 Å². The van der Waals surface area contributed by atoms with Gasteiger partial charge in [-0.2, -0.15) is 5.10 Å². The Balaban J connectivity index is 1.84. The van der Waals surface area contributed by atoms with E-state index in [-0.39, 0.29) is 12.3 Å². The Labute approximate surface area is 150 Å². The molecule has 0 fully saturated rings. The lowest BCUT2D eigenvalue weighted by Gasteiger charge is -2.05. The molecule has 0 spiro atoms. The molecule has 8 heteroatoms. The molecule has 3 N–H and O–H groups in total. The Kier molecular flexibility index (Phi) is 6.55. The number of ether oxygens (including phenoxy) is 2. The number of phenolic OH excluding ortho intramolecular Hbond substituents is 1. The molecule has 0 aliphatic heterocycles. The Bertz CT molecular complexity index is 803. The van der Waals surface area contributed by atoms with Crippen LogP contribution in [0.3, 0.4) is 0 Å². The third-order valence-electron chi connectivity index (χ3n) is 3.39. The molecule has 0 bridgehead atoms. The quantitative estimate of drug-likeness (QED) is 0.511. The van der Waals surface area contributed by atoms with Crippen LogP contribution in [0.5, 0.6) is 17.2 Å². The van der Waals surface area contributed by atoms with Gasteiger partial charge in [0.25, 0.3) is 11.8 Å². The minimum atomic E-state index is -0.509. The molecule has 2 amide bonds. The highest BCUT2D eigenvalue weighted by Gasteiger charge is 2.08. The van der Waals surface area contributed by atoms with Crippen LogP contribution in [-0.4, -0.2) is 43.9 Å². The van der Waals surface area contributed by atoms with Crippen molar-refractivity contribution in [2.75, 3.05) is 20.8 Å². The van der Waals surface area contributed by atoms with Gasteiger partial charge in [0.2, 0.25) is 0 Å². The van der Waals surface area contributed by atoms with E-state index in [0.29, 0.717) is 22.6 Å². The van der Waals surface area contributed by atoms with Gasteiger partial charge in [0.05, 0.1) is 27.0 Å². The number of nitrogens with one attached hydrogen (secondary N) is 2. The number of rotatable bonds is 7. The first-order valence-corrected chi connectivity index (χ1v) is 7.64. The van der Waals surface area contributed by atoms with Gasteiger partial charge >= 0.3 is 0 Å². The van der Waals surface area contributed by atoms with E-state index in [2.05, 4.69) is 15.8 Å². The number of hydrogen-bond acceptors (Lipinski definition) is 6. The summed E-state index contributed by atoms with van der Waals surface area (Å²) < 4.78 is 10.1. The molecular weight excluding hydrogens is 338 g/mol. The molecule has 8 nitrogen and oxygen atoms in total. The average molecular weight is 357 g/mol. The van der Waals surface area contributed by atoms with Gasteiger partial charge in [0, 0.05) is 11.1 Å². The highest BCUT2D eigenvalue weighted by Crippen LogP contribution is 2.20. The lowest BCUT2D eigenvalue weighted by atomic mass is 10.2. The number of nitrogens with zero attached hydrogens (tertiary/aromatic N) is 1. The average Bonchev–Trinajstić information content (AvgIpc) is 2.67. The fourth-order valence-corrected chi connectivity index (χ4v) is 1.98. The standard InChI is InChI=1S/C18H19N3O5/c1-25-14-5-3-12(4-6-14)18(24)19-11-17(23)21-20-10-13-9-15(26-2)7-8-16(13)22/h3-10,22H,11H2,1-2H3,(H,19,24)(H,21,23)/b20-10-. The highest BCUT2D eigenvalue weighted by molar-refractivity contribution is 5.96. The first-order chi connectivity index (χ1) is 12.5. The SMILES string of the molecule is COc1ccc(C(=O)NCC(=O)N/N=C\c2cc(OC)ccc2O)cc1. The first-order valence-electron chi connectivity index (χ1n) is 7.64. The van der Waals surface area contributed by atoms with Crippen molar-refractivity contribution < 1.29 is 24.2 Å². The molecule has 2 rings (SSSR count). The fourth-order valence-electron chi connectivity index (χ4n) is 1.98. The molecule has 0 saturated heterocycles. The second-order valence-electron chi connectivity index (χ2n) is 5.13. The van der Waals surface area contributed by atoms with E-state index in [9.17, 15) is 14.7 Å². The summed E-state index contributed by atoms with van der Waals surface area (Å²) >= 11 is 0. The number of benzene rings is 2. The molecular formula is C18H19N3O5. The van der Waals surface area contributed by atoms with E-state index < -0.39 is 11.8 Å². The molecule has 136 valence electrons. The summed E-state index contributed by atoms with van der Waals surface area (Å²) in [5.41, 5.74) is 3.05. The number of methoxy groups -OCH3 is 2. The molecule has 0 aliphatic rings. The summed E-state index contributed by atoms with van der Waals surface area (Å²) in [6.45, 7) is -0.244. The number of aromatic hydroxyl groups is 1. The monoisotopic (exact) mass is 357 g/mol. The lowest BCUT2D eigenvalue weighted by molar-refractivity contribution is -0.120. The maximum Gasteiger partial charge on any atom is 0.259 e. The molecule has 2 aromatic carbocycles. The molecule has 0 unspecified atom stereocenters. The Hall–Kier alpha value is -3.55. The van der Waals surface area contributed by atoms with E-state index in [1.165, 1.54) is 26.5 Å². The molecule has 0 aromatic heterocycles. The molecule has 0 atom stereocenters. The second kappa shape index (κ2) is 9.07. The summed E-state index contributed by atoms with van der Waals surface area (Å²) in [6, 6.07) is 11.1. The number of hydrazone groups is 1. The summed E-state index contributed by atoms with van der Waals surface area (Å²) in [7, 11) is 3.03. The molecule has 0 aliphatic carbocycles. The van der Waals surface area contributed by atoms with E-state index in [1.807, 2.05) is 0 Å². The van der Waals surface area contributed by atoms with E-state index in [4.69, 9.17) is 9.47 Å². The van der Waals surface area contributed by atoms with Crippen LogP contribution in [0.25, 0.3) is 0 Å². The van der Waals surface area contributed by atoms with Crippen molar-refractivity contribution in [1.29, 1.82) is 0 Å². The number of hydrogen-bond donors (Lipinski definition) is 3. The van der Waals surface area contributed by atoms with Crippen molar-refractivity contribution in [2.24, 2.45) is 5.10 Å². The Morgan fingerprint density at radius 3 is 2.38 bits per heavy atom. The fraction of sp³-hybridized carbons (Fsp3) is 0.167. The molecule has 0 radical (unpaired) electrons. The predicted octanol–water partition coefficient (Wildman–Crippen LogP) is 1.29. The third kappa shape index (κ3) is 5.23. The predicted molar refractivity (Wildman–Crippen MR) is 95.7 cm³/mol. The van der Waals surface area contributed by atoms with Crippen LogP contribution in [-0.2, 0) is 4.79 Å². The molecule has 26 heavy (non-hydrogen) atoms. The van der Waals surface area contributed by atoms with Gasteiger partial charge in [0.15, 0.2) is 0 Å². The number of carbonyl (C=O) groups is 2. The van der Waals surface area contributed by atoms with Crippen LogP contribution >= 0.6 is 0 Å². The van der Waals surface area contributed by atoms with E-state index in [1.54, 1.807) is 36.4 Å². The summed E-state index contributed by atoms with van der Waals surface area (Å²) in [5, 5.41) is 15.9. The van der Waals surface area contributed by atoms with Crippen molar-refractivity contribution >= 4 is 18.0 Å². The van der Waals surface area contributed by atoms with Gasteiger partial charge < -0.3 is 19.9 Å². The van der Waals surface area contributed by atoms with Crippen LogP contribution in [0.2, 0.25) is 0 Å². The van der Waals surface area contributed by atoms with E-state index >= 15 is 0 Å². The Morgan fingerprint density at radius 1 is 1.08 bits per heavy atom. The summed E-state index contributed by atoms with van der Waals surface area (Å²) in [4.78, 5) is 23.7. The number of phenols is 1. The minimum Gasteiger partial charge on any atom is -0.507 e.